The molecule has 1 aromatic heterocycles. The highest BCUT2D eigenvalue weighted by Crippen LogP contribution is 2.25. The molecule has 0 aliphatic carbocycles. The van der Waals surface area contributed by atoms with E-state index in [0.29, 0.717) is 24.1 Å². The lowest BCUT2D eigenvalue weighted by Gasteiger charge is -2.09. The predicted octanol–water partition coefficient (Wildman–Crippen LogP) is 4.32. The maximum Gasteiger partial charge on any atom is 0.219 e. The fourth-order valence-corrected chi connectivity index (χ4v) is 1.91. The molecule has 100 valence electrons. The minimum atomic E-state index is 0.443. The number of hydrogen-bond donors (Lipinski definition) is 0. The van der Waals surface area contributed by atoms with Gasteiger partial charge in [0, 0.05) is 23.7 Å². The van der Waals surface area contributed by atoms with E-state index in [9.17, 15) is 0 Å². The molecule has 0 N–H and O–H groups in total. The van der Waals surface area contributed by atoms with Crippen molar-refractivity contribution in [1.82, 2.24) is 4.98 Å². The first-order valence-corrected chi connectivity index (χ1v) is 6.69. The number of rotatable bonds is 5. The summed E-state index contributed by atoms with van der Waals surface area (Å²) in [6.07, 6.45) is 0. The van der Waals surface area contributed by atoms with Crippen molar-refractivity contribution in [2.75, 3.05) is 6.61 Å². The largest absolute Gasteiger partial charge is 0.494 e. The Morgan fingerprint density at radius 1 is 1.16 bits per heavy atom. The molecule has 2 rings (SSSR count). The molecular formula is C15H16ClNO2. The van der Waals surface area contributed by atoms with Crippen LogP contribution >= 0.6 is 11.6 Å². The van der Waals surface area contributed by atoms with Crippen LogP contribution < -0.4 is 9.47 Å². The van der Waals surface area contributed by atoms with Gasteiger partial charge < -0.3 is 9.47 Å². The molecule has 0 amide bonds. The Morgan fingerprint density at radius 2 is 1.95 bits per heavy atom. The van der Waals surface area contributed by atoms with Gasteiger partial charge in [0.25, 0.3) is 0 Å². The quantitative estimate of drug-likeness (QED) is 0.763. The summed E-state index contributed by atoms with van der Waals surface area (Å²) in [5, 5.41) is 0. The molecule has 0 unspecified atom stereocenters. The Morgan fingerprint density at radius 3 is 2.68 bits per heavy atom. The van der Waals surface area contributed by atoms with Gasteiger partial charge in [-0.05, 0) is 37.6 Å². The Balaban J connectivity index is 2.20. The van der Waals surface area contributed by atoms with Gasteiger partial charge in [0.2, 0.25) is 5.88 Å². The molecule has 0 aliphatic rings. The zero-order valence-electron chi connectivity index (χ0n) is 11.0. The molecule has 1 heterocycles. The maximum absolute atomic E-state index is 5.84. The monoisotopic (exact) mass is 277 g/mol. The van der Waals surface area contributed by atoms with Gasteiger partial charge in [0.15, 0.2) is 0 Å². The minimum absolute atomic E-state index is 0.443. The molecule has 0 atom stereocenters. The van der Waals surface area contributed by atoms with Crippen LogP contribution in [0.2, 0.25) is 0 Å². The molecule has 2 aromatic rings. The van der Waals surface area contributed by atoms with Crippen LogP contribution in [0.25, 0.3) is 0 Å². The van der Waals surface area contributed by atoms with E-state index in [1.54, 1.807) is 0 Å². The molecule has 19 heavy (non-hydrogen) atoms. The number of nitrogens with zero attached hydrogens (tertiary/aromatic N) is 1. The lowest BCUT2D eigenvalue weighted by Crippen LogP contribution is -1.94. The Bertz CT molecular complexity index is 558. The van der Waals surface area contributed by atoms with E-state index in [1.807, 2.05) is 50.2 Å². The van der Waals surface area contributed by atoms with Crippen LogP contribution in [0.5, 0.6) is 17.4 Å². The van der Waals surface area contributed by atoms with Crippen molar-refractivity contribution in [3.63, 3.8) is 0 Å². The molecule has 0 aliphatic heterocycles. The third-order valence-electron chi connectivity index (χ3n) is 2.48. The number of benzene rings is 1. The second-order valence-electron chi connectivity index (χ2n) is 4.10. The highest BCUT2D eigenvalue weighted by atomic mass is 35.5. The predicted molar refractivity (Wildman–Crippen MR) is 76.2 cm³/mol. The third kappa shape index (κ3) is 3.86. The zero-order chi connectivity index (χ0) is 13.7. The van der Waals surface area contributed by atoms with Crippen LogP contribution in [0.15, 0.2) is 36.4 Å². The summed E-state index contributed by atoms with van der Waals surface area (Å²) in [5.41, 5.74) is 1.87. The Labute approximate surface area is 118 Å². The SMILES string of the molecule is CCOc1cccc(Oc2cc(CCl)cc(C)n2)c1. The highest BCUT2D eigenvalue weighted by molar-refractivity contribution is 6.17. The van der Waals surface area contributed by atoms with E-state index in [4.69, 9.17) is 21.1 Å². The number of aromatic nitrogens is 1. The van der Waals surface area contributed by atoms with Crippen LogP contribution in [-0.4, -0.2) is 11.6 Å². The van der Waals surface area contributed by atoms with Crippen LogP contribution in [-0.2, 0) is 5.88 Å². The van der Waals surface area contributed by atoms with Gasteiger partial charge in [-0.1, -0.05) is 6.07 Å². The van der Waals surface area contributed by atoms with Crippen molar-refractivity contribution in [2.45, 2.75) is 19.7 Å². The standard InChI is InChI=1S/C15H16ClNO2/c1-3-18-13-5-4-6-14(9-13)19-15-8-12(10-16)7-11(2)17-15/h4-9H,3,10H2,1-2H3. The fraction of sp³-hybridized carbons (Fsp3) is 0.267. The average Bonchev–Trinajstić information content (AvgIpc) is 2.39. The molecule has 1 aromatic carbocycles. The summed E-state index contributed by atoms with van der Waals surface area (Å²) >= 11 is 5.84. The van der Waals surface area contributed by atoms with Gasteiger partial charge in [-0.25, -0.2) is 4.98 Å². The third-order valence-corrected chi connectivity index (χ3v) is 2.79. The van der Waals surface area contributed by atoms with Crippen molar-refractivity contribution in [2.24, 2.45) is 0 Å². The molecule has 3 nitrogen and oxygen atoms in total. The lowest BCUT2D eigenvalue weighted by molar-refractivity contribution is 0.338. The van der Waals surface area contributed by atoms with Gasteiger partial charge in [0.05, 0.1) is 6.61 Å². The normalized spacial score (nSPS) is 10.3. The van der Waals surface area contributed by atoms with E-state index >= 15 is 0 Å². The zero-order valence-corrected chi connectivity index (χ0v) is 11.8. The molecule has 0 spiro atoms. The first kappa shape index (κ1) is 13.7. The smallest absolute Gasteiger partial charge is 0.219 e. The molecule has 0 saturated carbocycles. The first-order valence-electron chi connectivity index (χ1n) is 6.15. The van der Waals surface area contributed by atoms with Crippen LogP contribution in [0.3, 0.4) is 0 Å². The highest BCUT2D eigenvalue weighted by Gasteiger charge is 2.03. The number of ether oxygens (including phenoxy) is 2. The second-order valence-corrected chi connectivity index (χ2v) is 4.37. The van der Waals surface area contributed by atoms with Crippen molar-refractivity contribution in [1.29, 1.82) is 0 Å². The lowest BCUT2D eigenvalue weighted by atomic mass is 10.2. The first-order chi connectivity index (χ1) is 9.21. The molecule has 0 saturated heterocycles. The Hall–Kier alpha value is -1.74. The van der Waals surface area contributed by atoms with Gasteiger partial charge in [-0.2, -0.15) is 0 Å². The number of pyridine rings is 1. The minimum Gasteiger partial charge on any atom is -0.494 e. The number of halogens is 1. The van der Waals surface area contributed by atoms with Gasteiger partial charge >= 0.3 is 0 Å². The average molecular weight is 278 g/mol. The molecule has 0 radical (unpaired) electrons. The molecule has 0 bridgehead atoms. The topological polar surface area (TPSA) is 31.4 Å². The summed E-state index contributed by atoms with van der Waals surface area (Å²) in [6, 6.07) is 11.3. The Kier molecular flexibility index (Phi) is 4.63. The van der Waals surface area contributed by atoms with Crippen molar-refractivity contribution >= 4 is 11.6 Å². The fourth-order valence-electron chi connectivity index (χ4n) is 1.75. The van der Waals surface area contributed by atoms with Crippen LogP contribution in [0.4, 0.5) is 0 Å². The van der Waals surface area contributed by atoms with Gasteiger partial charge in [0.1, 0.15) is 11.5 Å². The van der Waals surface area contributed by atoms with Crippen LogP contribution in [0, 0.1) is 6.92 Å². The number of aryl methyl sites for hydroxylation is 1. The number of hydrogen-bond acceptors (Lipinski definition) is 3. The summed E-state index contributed by atoms with van der Waals surface area (Å²) in [5.74, 6) is 2.47. The van der Waals surface area contributed by atoms with Crippen molar-refractivity contribution in [3.8, 4) is 17.4 Å². The van der Waals surface area contributed by atoms with Gasteiger partial charge in [-0.3, -0.25) is 0 Å². The van der Waals surface area contributed by atoms with E-state index in [2.05, 4.69) is 4.98 Å². The summed E-state index contributed by atoms with van der Waals surface area (Å²) in [4.78, 5) is 4.33. The number of alkyl halides is 1. The molecule has 0 fully saturated rings. The van der Waals surface area contributed by atoms with Crippen molar-refractivity contribution in [3.05, 3.63) is 47.7 Å². The van der Waals surface area contributed by atoms with E-state index < -0.39 is 0 Å². The summed E-state index contributed by atoms with van der Waals surface area (Å²) in [7, 11) is 0. The second kappa shape index (κ2) is 6.43. The van der Waals surface area contributed by atoms with Crippen LogP contribution in [0.1, 0.15) is 18.2 Å². The van der Waals surface area contributed by atoms with E-state index in [-0.39, 0.29) is 0 Å². The van der Waals surface area contributed by atoms with E-state index in [1.165, 1.54) is 0 Å². The molecular weight excluding hydrogens is 262 g/mol. The van der Waals surface area contributed by atoms with Crippen molar-refractivity contribution < 1.29 is 9.47 Å². The summed E-state index contributed by atoms with van der Waals surface area (Å²) < 4.78 is 11.2. The summed E-state index contributed by atoms with van der Waals surface area (Å²) in [6.45, 7) is 4.49. The molecule has 4 heteroatoms. The van der Waals surface area contributed by atoms with Gasteiger partial charge in [-0.15, -0.1) is 11.6 Å². The van der Waals surface area contributed by atoms with E-state index in [0.717, 1.165) is 17.0 Å². The maximum atomic E-state index is 5.84.